The zero-order chi connectivity index (χ0) is 37.3. The van der Waals surface area contributed by atoms with Gasteiger partial charge in [-0.2, -0.15) is 13.5 Å². The molecule has 0 fully saturated rings. The van der Waals surface area contributed by atoms with Gasteiger partial charge in [-0.3, -0.25) is 0 Å². The van der Waals surface area contributed by atoms with Crippen molar-refractivity contribution in [3.63, 3.8) is 0 Å². The van der Waals surface area contributed by atoms with Crippen LogP contribution in [0.4, 0.5) is 9.59 Å². The van der Waals surface area contributed by atoms with Crippen LogP contribution in [0.2, 0.25) is 0 Å². The molecule has 12 heteroatoms. The molecule has 0 heterocycles. The fraction of sp³-hybridized carbons (Fsp3) is 0.282. The van der Waals surface area contributed by atoms with Gasteiger partial charge in [-0.25, -0.2) is 15.0 Å². The number of hydrogen-bond acceptors (Lipinski definition) is 6. The normalized spacial score (nSPS) is 12.8. The molecule has 4 rings (SSSR count). The number of carbonyl (C=O) groups is 2. The quantitative estimate of drug-likeness (QED) is 0.0786. The predicted molar refractivity (Wildman–Crippen MR) is 201 cm³/mol. The van der Waals surface area contributed by atoms with Crippen LogP contribution in [-0.4, -0.2) is 44.2 Å². The Labute approximate surface area is 300 Å². The molecule has 0 spiro atoms. The SMILES string of the molecule is Cc1cc(C)c(S(=O)(=O)/N=C(\N)c2cccc(CC(/C=N\NC(=O)NC(c3ccccc3)c3ccccc3)NC(=O)OC(C)(C)C)c2)c(C)c1C. The van der Waals surface area contributed by atoms with Crippen LogP contribution in [0.5, 0.6) is 0 Å². The monoisotopic (exact) mass is 710 g/mol. The largest absolute Gasteiger partial charge is 0.444 e. The standard InChI is InChI=1S/C39H46N6O5S/c1-25-21-26(2)35(28(4)27(25)3)51(48,49)45-36(40)32-20-14-15-29(22-32)23-33(42-38(47)50-39(5,6)7)24-41-44-37(46)43-34(30-16-10-8-11-17-30)31-18-12-9-13-19-31/h8-22,24,33-34H,23H2,1-7H3,(H2,40,45)(H,42,47)(H2,43,44,46)/b41-24-. The third kappa shape index (κ3) is 10.7. The Morgan fingerprint density at radius 2 is 1.43 bits per heavy atom. The number of nitrogens with one attached hydrogen (secondary N) is 3. The maximum absolute atomic E-state index is 13.4. The number of amides is 3. The van der Waals surface area contributed by atoms with Crippen LogP contribution in [-0.2, 0) is 21.2 Å². The summed E-state index contributed by atoms with van der Waals surface area (Å²) in [6.07, 6.45) is 0.911. The van der Waals surface area contributed by atoms with E-state index < -0.39 is 39.8 Å². The van der Waals surface area contributed by atoms with E-state index in [-0.39, 0.29) is 17.2 Å². The Bertz CT molecular complexity index is 1990. The highest BCUT2D eigenvalue weighted by Gasteiger charge is 2.23. The first kappa shape index (κ1) is 38.3. The number of carbonyl (C=O) groups excluding carboxylic acids is 2. The Balaban J connectivity index is 1.55. The number of nitrogens with zero attached hydrogens (tertiary/aromatic N) is 2. The zero-order valence-corrected chi connectivity index (χ0v) is 30.8. The molecule has 0 aliphatic carbocycles. The molecule has 268 valence electrons. The van der Waals surface area contributed by atoms with Gasteiger partial charge in [-0.15, -0.1) is 4.40 Å². The van der Waals surface area contributed by atoms with Crippen molar-refractivity contribution >= 4 is 34.2 Å². The van der Waals surface area contributed by atoms with Crippen molar-refractivity contribution < 1.29 is 22.7 Å². The number of rotatable bonds is 11. The number of aryl methyl sites for hydroxylation is 2. The fourth-order valence-electron chi connectivity index (χ4n) is 5.60. The molecule has 5 N–H and O–H groups in total. The molecule has 4 aromatic rings. The second-order valence-electron chi connectivity index (χ2n) is 13.3. The summed E-state index contributed by atoms with van der Waals surface area (Å²) < 4.78 is 36.3. The highest BCUT2D eigenvalue weighted by Crippen LogP contribution is 2.27. The van der Waals surface area contributed by atoms with Gasteiger partial charge in [0, 0.05) is 11.8 Å². The zero-order valence-electron chi connectivity index (χ0n) is 30.0. The first-order chi connectivity index (χ1) is 24.0. The lowest BCUT2D eigenvalue weighted by Crippen LogP contribution is -2.42. The van der Waals surface area contributed by atoms with E-state index in [0.29, 0.717) is 22.3 Å². The van der Waals surface area contributed by atoms with Gasteiger partial charge in [-0.05, 0) is 99.9 Å². The third-order valence-corrected chi connectivity index (χ3v) is 9.69. The van der Waals surface area contributed by atoms with Gasteiger partial charge in [0.05, 0.1) is 17.0 Å². The molecule has 0 saturated carbocycles. The average Bonchev–Trinajstić information content (AvgIpc) is 3.06. The van der Waals surface area contributed by atoms with Gasteiger partial charge < -0.3 is 21.1 Å². The summed E-state index contributed by atoms with van der Waals surface area (Å²) in [7, 11) is -4.12. The van der Waals surface area contributed by atoms with Crippen LogP contribution >= 0.6 is 0 Å². The maximum Gasteiger partial charge on any atom is 0.408 e. The summed E-state index contributed by atoms with van der Waals surface area (Å²) in [5, 5.41) is 9.88. The molecule has 1 unspecified atom stereocenters. The molecule has 0 aromatic heterocycles. The van der Waals surface area contributed by atoms with Crippen molar-refractivity contribution in [2.45, 2.75) is 77.5 Å². The molecule has 0 radical (unpaired) electrons. The van der Waals surface area contributed by atoms with Crippen LogP contribution in [0.25, 0.3) is 0 Å². The molecule has 0 aliphatic rings. The summed E-state index contributed by atoms with van der Waals surface area (Å²) in [4.78, 5) is 26.0. The van der Waals surface area contributed by atoms with Crippen LogP contribution in [0, 0.1) is 27.7 Å². The molecular formula is C39H46N6O5S. The van der Waals surface area contributed by atoms with E-state index in [9.17, 15) is 18.0 Å². The predicted octanol–water partition coefficient (Wildman–Crippen LogP) is 6.52. The van der Waals surface area contributed by atoms with Gasteiger partial charge in [-0.1, -0.05) is 84.9 Å². The smallest absolute Gasteiger partial charge is 0.408 e. The Kier molecular flexibility index (Phi) is 12.4. The third-order valence-electron chi connectivity index (χ3n) is 8.10. The maximum atomic E-state index is 13.4. The van der Waals surface area contributed by atoms with E-state index >= 15 is 0 Å². The van der Waals surface area contributed by atoms with Crippen molar-refractivity contribution in [3.05, 3.63) is 136 Å². The van der Waals surface area contributed by atoms with Crippen LogP contribution in [0.15, 0.2) is 105 Å². The van der Waals surface area contributed by atoms with E-state index in [1.807, 2.05) is 80.6 Å². The second-order valence-corrected chi connectivity index (χ2v) is 14.9. The summed E-state index contributed by atoms with van der Waals surface area (Å²) in [5.74, 6) is -0.177. The number of urea groups is 1. The Morgan fingerprint density at radius 3 is 2.02 bits per heavy atom. The first-order valence-electron chi connectivity index (χ1n) is 16.5. The first-order valence-corrected chi connectivity index (χ1v) is 17.9. The minimum Gasteiger partial charge on any atom is -0.444 e. The Morgan fingerprint density at radius 1 is 0.824 bits per heavy atom. The van der Waals surface area contributed by atoms with Crippen LogP contribution < -0.4 is 21.8 Å². The van der Waals surface area contributed by atoms with Crippen molar-refractivity contribution in [1.29, 1.82) is 0 Å². The summed E-state index contributed by atoms with van der Waals surface area (Å²) in [5.41, 5.74) is 14.0. The summed E-state index contributed by atoms with van der Waals surface area (Å²) >= 11 is 0. The second kappa shape index (κ2) is 16.5. The highest BCUT2D eigenvalue weighted by atomic mass is 32.2. The van der Waals surface area contributed by atoms with E-state index in [1.54, 1.807) is 58.9 Å². The van der Waals surface area contributed by atoms with E-state index in [2.05, 4.69) is 25.6 Å². The van der Waals surface area contributed by atoms with Gasteiger partial charge in [0.1, 0.15) is 11.4 Å². The minimum atomic E-state index is -4.12. The lowest BCUT2D eigenvalue weighted by Gasteiger charge is -2.22. The molecule has 0 bridgehead atoms. The van der Waals surface area contributed by atoms with Crippen LogP contribution in [0.1, 0.15) is 71.3 Å². The number of ether oxygens (including phenoxy) is 1. The summed E-state index contributed by atoms with van der Waals surface area (Å²) in [6, 6.07) is 26.1. The molecular weight excluding hydrogens is 665 g/mol. The number of nitrogens with two attached hydrogens (primary N) is 1. The van der Waals surface area contributed by atoms with Gasteiger partial charge >= 0.3 is 12.1 Å². The molecule has 0 saturated heterocycles. The van der Waals surface area contributed by atoms with Crippen molar-refractivity contribution in [2.75, 3.05) is 0 Å². The summed E-state index contributed by atoms with van der Waals surface area (Å²) in [6.45, 7) is 12.5. The molecule has 3 amide bonds. The molecule has 1 atom stereocenters. The van der Waals surface area contributed by atoms with Gasteiger partial charge in [0.25, 0.3) is 10.0 Å². The van der Waals surface area contributed by atoms with Crippen LogP contribution in [0.3, 0.4) is 0 Å². The molecule has 0 aliphatic heterocycles. The number of alkyl carbamates (subject to hydrolysis) is 1. The molecule has 4 aromatic carbocycles. The number of hydrogen-bond donors (Lipinski definition) is 4. The van der Waals surface area contributed by atoms with Crippen molar-refractivity contribution in [1.82, 2.24) is 16.1 Å². The van der Waals surface area contributed by atoms with Gasteiger partial charge in [0.15, 0.2) is 0 Å². The van der Waals surface area contributed by atoms with Crippen molar-refractivity contribution in [2.24, 2.45) is 15.2 Å². The lowest BCUT2D eigenvalue weighted by molar-refractivity contribution is 0.0519. The van der Waals surface area contributed by atoms with Crippen molar-refractivity contribution in [3.8, 4) is 0 Å². The molecule has 51 heavy (non-hydrogen) atoms. The van der Waals surface area contributed by atoms with E-state index in [4.69, 9.17) is 10.5 Å². The Hall–Kier alpha value is -5.49. The topological polar surface area (TPSA) is 164 Å². The van der Waals surface area contributed by atoms with E-state index in [1.165, 1.54) is 6.21 Å². The number of sulfonamides is 1. The molecule has 11 nitrogen and oxygen atoms in total. The highest BCUT2D eigenvalue weighted by molar-refractivity contribution is 7.90. The average molecular weight is 711 g/mol. The fourth-order valence-corrected chi connectivity index (χ4v) is 7.06. The number of benzene rings is 4. The minimum absolute atomic E-state index is 0.137. The van der Waals surface area contributed by atoms with Gasteiger partial charge in [0.2, 0.25) is 0 Å². The number of hydrazone groups is 1. The number of amidine groups is 1. The van der Waals surface area contributed by atoms with E-state index in [0.717, 1.165) is 22.3 Å². The lowest BCUT2D eigenvalue weighted by atomic mass is 9.99.